The summed E-state index contributed by atoms with van der Waals surface area (Å²) in [5.74, 6) is -1.19. The van der Waals surface area contributed by atoms with Gasteiger partial charge in [-0.3, -0.25) is 4.90 Å². The molecular weight excluding hydrogens is 341 g/mol. The molecule has 25 heavy (non-hydrogen) atoms. The molecule has 2 aromatic rings. The molecule has 132 valence electrons. The summed E-state index contributed by atoms with van der Waals surface area (Å²) in [6.45, 7) is 0. The first-order valence-electron chi connectivity index (χ1n) is 6.83. The van der Waals surface area contributed by atoms with Crippen LogP contribution in [0.15, 0.2) is 42.5 Å². The Kier molecular flexibility index (Phi) is 4.87. The normalized spacial score (nSPS) is 11.0. The lowest BCUT2D eigenvalue weighted by Gasteiger charge is -2.23. The second-order valence-corrected chi connectivity index (χ2v) is 4.91. The number of urea groups is 1. The summed E-state index contributed by atoms with van der Waals surface area (Å²) in [6.07, 6.45) is -4.63. The first-order valence-corrected chi connectivity index (χ1v) is 6.83. The molecule has 0 saturated heterocycles. The number of nitrogens with two attached hydrogens (primary N) is 1. The van der Waals surface area contributed by atoms with Crippen molar-refractivity contribution < 1.29 is 32.6 Å². The predicted molar refractivity (Wildman–Crippen MR) is 83.1 cm³/mol. The van der Waals surface area contributed by atoms with E-state index in [1.165, 1.54) is 25.3 Å². The zero-order valence-electron chi connectivity index (χ0n) is 12.9. The molecule has 0 aromatic heterocycles. The number of anilines is 2. The van der Waals surface area contributed by atoms with Crippen LogP contribution >= 0.6 is 0 Å². The Labute approximate surface area is 140 Å². The average molecular weight is 354 g/mol. The second-order valence-electron chi connectivity index (χ2n) is 4.91. The number of carboxylic acids is 1. The molecule has 0 fully saturated rings. The van der Waals surface area contributed by atoms with Gasteiger partial charge in [0.2, 0.25) is 0 Å². The number of carbonyl (C=O) groups excluding carboxylic acids is 1. The van der Waals surface area contributed by atoms with Gasteiger partial charge in [-0.1, -0.05) is 6.07 Å². The molecule has 2 aromatic carbocycles. The highest BCUT2D eigenvalue weighted by atomic mass is 19.4. The molecule has 3 N–H and O–H groups in total. The fourth-order valence-corrected chi connectivity index (χ4v) is 2.21. The van der Waals surface area contributed by atoms with Crippen LogP contribution in [0, 0.1) is 0 Å². The quantitative estimate of drug-likeness (QED) is 0.877. The van der Waals surface area contributed by atoms with Gasteiger partial charge < -0.3 is 15.6 Å². The number of benzene rings is 2. The molecule has 0 atom stereocenters. The van der Waals surface area contributed by atoms with Crippen molar-refractivity contribution in [1.29, 1.82) is 0 Å². The third kappa shape index (κ3) is 3.82. The summed E-state index contributed by atoms with van der Waals surface area (Å²) in [5, 5.41) is 9.33. The minimum absolute atomic E-state index is 0.180. The van der Waals surface area contributed by atoms with Gasteiger partial charge in [-0.05, 0) is 36.4 Å². The molecule has 0 radical (unpaired) electrons. The van der Waals surface area contributed by atoms with Crippen molar-refractivity contribution in [2.45, 2.75) is 6.18 Å². The zero-order valence-corrected chi connectivity index (χ0v) is 12.9. The molecule has 2 amide bonds. The van der Waals surface area contributed by atoms with E-state index in [-0.39, 0.29) is 22.7 Å². The Hall–Kier alpha value is -3.23. The number of primary amides is 1. The van der Waals surface area contributed by atoms with Crippen molar-refractivity contribution >= 4 is 23.4 Å². The van der Waals surface area contributed by atoms with Crippen LogP contribution < -0.4 is 15.4 Å². The number of rotatable bonds is 4. The minimum atomic E-state index is -4.63. The number of amides is 2. The number of nitrogens with zero attached hydrogens (tertiary/aromatic N) is 1. The fraction of sp³-hybridized carbons (Fsp3) is 0.125. The van der Waals surface area contributed by atoms with Crippen molar-refractivity contribution in [3.63, 3.8) is 0 Å². The van der Waals surface area contributed by atoms with Gasteiger partial charge in [0.15, 0.2) is 0 Å². The van der Waals surface area contributed by atoms with Crippen molar-refractivity contribution in [3.8, 4) is 5.75 Å². The number of hydrogen-bond donors (Lipinski definition) is 2. The summed E-state index contributed by atoms with van der Waals surface area (Å²) in [5.41, 5.74) is 3.54. The summed E-state index contributed by atoms with van der Waals surface area (Å²) in [7, 11) is 1.32. The predicted octanol–water partition coefficient (Wildman–Crippen LogP) is 3.63. The number of alkyl halides is 3. The van der Waals surface area contributed by atoms with Gasteiger partial charge in [0, 0.05) is 0 Å². The van der Waals surface area contributed by atoms with Crippen LogP contribution in [0.5, 0.6) is 5.75 Å². The SMILES string of the molecule is COc1ccc(N(C(N)=O)c2cccc(C(F)(F)F)c2)c(C(=O)O)c1. The molecule has 0 spiro atoms. The molecule has 6 nitrogen and oxygen atoms in total. The summed E-state index contributed by atoms with van der Waals surface area (Å²) in [6, 6.07) is 6.45. The molecule has 0 bridgehead atoms. The lowest BCUT2D eigenvalue weighted by Crippen LogP contribution is -2.32. The second kappa shape index (κ2) is 6.71. The van der Waals surface area contributed by atoms with Gasteiger partial charge in [0.05, 0.1) is 29.6 Å². The number of carboxylic acid groups (broad SMARTS) is 1. The number of methoxy groups -OCH3 is 1. The van der Waals surface area contributed by atoms with Crippen molar-refractivity contribution in [3.05, 3.63) is 53.6 Å². The maximum absolute atomic E-state index is 12.9. The molecule has 9 heteroatoms. The van der Waals surface area contributed by atoms with Crippen molar-refractivity contribution in [2.75, 3.05) is 12.0 Å². The van der Waals surface area contributed by atoms with Crippen LogP contribution in [0.3, 0.4) is 0 Å². The number of halogens is 3. The average Bonchev–Trinajstić information content (AvgIpc) is 2.54. The molecule has 0 aliphatic rings. The fourth-order valence-electron chi connectivity index (χ4n) is 2.21. The smallest absolute Gasteiger partial charge is 0.416 e. The van der Waals surface area contributed by atoms with Gasteiger partial charge in [0.25, 0.3) is 0 Å². The summed E-state index contributed by atoms with van der Waals surface area (Å²) >= 11 is 0. The highest BCUT2D eigenvalue weighted by Crippen LogP contribution is 2.35. The molecule has 0 saturated carbocycles. The van der Waals surface area contributed by atoms with E-state index in [0.717, 1.165) is 18.2 Å². The van der Waals surface area contributed by atoms with Crippen molar-refractivity contribution in [1.82, 2.24) is 0 Å². The van der Waals surface area contributed by atoms with Crippen molar-refractivity contribution in [2.24, 2.45) is 5.73 Å². The summed E-state index contributed by atoms with van der Waals surface area (Å²) < 4.78 is 43.6. The van der Waals surface area contributed by atoms with Crippen LogP contribution in [0.4, 0.5) is 29.3 Å². The van der Waals surface area contributed by atoms with Gasteiger partial charge in [-0.15, -0.1) is 0 Å². The molecule has 2 rings (SSSR count). The Balaban J connectivity index is 2.64. The largest absolute Gasteiger partial charge is 0.497 e. The summed E-state index contributed by atoms with van der Waals surface area (Å²) in [4.78, 5) is 24.0. The Morgan fingerprint density at radius 3 is 2.36 bits per heavy atom. The van der Waals surface area contributed by atoms with Crippen LogP contribution in [0.2, 0.25) is 0 Å². The first-order chi connectivity index (χ1) is 11.6. The Morgan fingerprint density at radius 2 is 1.84 bits per heavy atom. The van der Waals surface area contributed by atoms with E-state index in [2.05, 4.69) is 0 Å². The minimum Gasteiger partial charge on any atom is -0.497 e. The lowest BCUT2D eigenvalue weighted by atomic mass is 10.1. The van der Waals surface area contributed by atoms with Gasteiger partial charge in [0.1, 0.15) is 5.75 Å². The van der Waals surface area contributed by atoms with Crippen LogP contribution in [-0.4, -0.2) is 24.2 Å². The van der Waals surface area contributed by atoms with Crippen LogP contribution in [0.1, 0.15) is 15.9 Å². The highest BCUT2D eigenvalue weighted by Gasteiger charge is 2.32. The Bertz CT molecular complexity index is 821. The van der Waals surface area contributed by atoms with Gasteiger partial charge in [-0.25, -0.2) is 9.59 Å². The van der Waals surface area contributed by atoms with Crippen LogP contribution in [-0.2, 0) is 6.18 Å². The molecule has 0 unspecified atom stereocenters. The monoisotopic (exact) mass is 354 g/mol. The maximum Gasteiger partial charge on any atom is 0.416 e. The lowest BCUT2D eigenvalue weighted by molar-refractivity contribution is -0.137. The van der Waals surface area contributed by atoms with E-state index in [1.54, 1.807) is 0 Å². The van der Waals surface area contributed by atoms with Gasteiger partial charge in [-0.2, -0.15) is 13.2 Å². The third-order valence-corrected chi connectivity index (χ3v) is 3.33. The molecule has 0 aliphatic heterocycles. The topological polar surface area (TPSA) is 92.9 Å². The number of hydrogen-bond acceptors (Lipinski definition) is 3. The number of carbonyl (C=O) groups is 2. The van der Waals surface area contributed by atoms with E-state index in [4.69, 9.17) is 10.5 Å². The molecule has 0 heterocycles. The zero-order chi connectivity index (χ0) is 18.8. The van der Waals surface area contributed by atoms with E-state index in [1.807, 2.05) is 0 Å². The molecule has 0 aliphatic carbocycles. The standard InChI is InChI=1S/C16H13F3N2O4/c1-25-11-5-6-13(12(8-11)14(22)23)21(15(20)24)10-4-2-3-9(7-10)16(17,18)19/h2-8H,1H3,(H2,20,24)(H,22,23). The van der Waals surface area contributed by atoms with E-state index >= 15 is 0 Å². The van der Waals surface area contributed by atoms with Gasteiger partial charge >= 0.3 is 18.2 Å². The Morgan fingerprint density at radius 1 is 1.16 bits per heavy atom. The third-order valence-electron chi connectivity index (χ3n) is 3.33. The van der Waals surface area contributed by atoms with E-state index in [9.17, 15) is 27.9 Å². The molecular formula is C16H13F3N2O4. The van der Waals surface area contributed by atoms with E-state index < -0.39 is 23.7 Å². The maximum atomic E-state index is 12.9. The highest BCUT2D eigenvalue weighted by molar-refractivity contribution is 6.05. The van der Waals surface area contributed by atoms with Crippen LogP contribution in [0.25, 0.3) is 0 Å². The number of ether oxygens (including phenoxy) is 1. The van der Waals surface area contributed by atoms with E-state index in [0.29, 0.717) is 11.0 Å². The first kappa shape index (κ1) is 18.1. The number of aromatic carboxylic acids is 1.